The molecule has 0 aliphatic heterocycles. The van der Waals surface area contributed by atoms with E-state index in [1.807, 2.05) is 42.5 Å². The van der Waals surface area contributed by atoms with Crippen molar-refractivity contribution in [1.29, 1.82) is 0 Å². The van der Waals surface area contributed by atoms with Gasteiger partial charge in [-0.2, -0.15) is 0 Å². The fourth-order valence-corrected chi connectivity index (χ4v) is 2.73. The van der Waals surface area contributed by atoms with E-state index in [0.29, 0.717) is 10.9 Å². The van der Waals surface area contributed by atoms with Gasteiger partial charge in [-0.25, -0.2) is 0 Å². The van der Waals surface area contributed by atoms with Gasteiger partial charge in [0.05, 0.1) is 33.1 Å². The van der Waals surface area contributed by atoms with Crippen LogP contribution in [-0.2, 0) is 0 Å². The minimum Gasteiger partial charge on any atom is -0.497 e. The number of hydrogen-bond acceptors (Lipinski definition) is 4. The molecule has 0 radical (unpaired) electrons. The highest BCUT2D eigenvalue weighted by atomic mass is 32.1. The maximum Gasteiger partial charge on any atom is 0.171 e. The Balaban J connectivity index is 2.07. The zero-order valence-electron chi connectivity index (χ0n) is 15.0. The molecular weight excluding hydrogens is 336 g/mol. The molecule has 25 heavy (non-hydrogen) atoms. The summed E-state index contributed by atoms with van der Waals surface area (Å²) in [6.07, 6.45) is 0.897. The van der Waals surface area contributed by atoms with Crippen LogP contribution in [0.25, 0.3) is 0 Å². The van der Waals surface area contributed by atoms with Crippen LogP contribution >= 0.6 is 12.2 Å². The molecule has 0 aliphatic carbocycles. The summed E-state index contributed by atoms with van der Waals surface area (Å²) in [5.41, 5.74) is 1.93. The second-order valence-electron chi connectivity index (χ2n) is 5.40. The van der Waals surface area contributed by atoms with Crippen LogP contribution in [-0.4, -0.2) is 26.4 Å². The van der Waals surface area contributed by atoms with Gasteiger partial charge in [0.2, 0.25) is 0 Å². The minimum atomic E-state index is 0.107. The quantitative estimate of drug-likeness (QED) is 0.724. The van der Waals surface area contributed by atoms with Crippen molar-refractivity contribution in [2.45, 2.75) is 19.4 Å². The molecule has 0 unspecified atom stereocenters. The lowest BCUT2D eigenvalue weighted by Crippen LogP contribution is -2.32. The zero-order valence-corrected chi connectivity index (χ0v) is 15.8. The van der Waals surface area contributed by atoms with E-state index in [1.165, 1.54) is 0 Å². The Morgan fingerprint density at radius 3 is 2.16 bits per heavy atom. The van der Waals surface area contributed by atoms with Crippen LogP contribution in [0.15, 0.2) is 42.5 Å². The van der Waals surface area contributed by atoms with Gasteiger partial charge >= 0.3 is 0 Å². The Hall–Kier alpha value is -2.47. The third-order valence-corrected chi connectivity index (χ3v) is 4.11. The largest absolute Gasteiger partial charge is 0.497 e. The lowest BCUT2D eigenvalue weighted by atomic mass is 10.0. The molecule has 134 valence electrons. The molecule has 2 N–H and O–H groups in total. The first kappa shape index (κ1) is 18.9. The molecule has 6 heteroatoms. The lowest BCUT2D eigenvalue weighted by Gasteiger charge is -2.21. The molecule has 0 aromatic heterocycles. The summed E-state index contributed by atoms with van der Waals surface area (Å²) in [6, 6.07) is 13.6. The van der Waals surface area contributed by atoms with Crippen LogP contribution in [0.1, 0.15) is 24.9 Å². The van der Waals surface area contributed by atoms with E-state index in [0.717, 1.165) is 29.2 Å². The molecule has 0 aliphatic rings. The Bertz CT molecular complexity index is 704. The lowest BCUT2D eigenvalue weighted by molar-refractivity contribution is 0.395. The highest BCUT2D eigenvalue weighted by molar-refractivity contribution is 7.80. The standard InChI is InChI=1S/C19H24N2O3S/c1-5-16(13-6-8-14(22-2)9-7-13)20-19(25)21-17-11-10-15(23-3)12-18(17)24-4/h6-12,16H,5H2,1-4H3,(H2,20,21,25)/t16-/m0/s1. The number of thiocarbonyl (C=S) groups is 1. The summed E-state index contributed by atoms with van der Waals surface area (Å²) in [5, 5.41) is 7.06. The van der Waals surface area contributed by atoms with Gasteiger partial charge in [-0.15, -0.1) is 0 Å². The first-order valence-corrected chi connectivity index (χ1v) is 8.45. The molecule has 0 saturated heterocycles. The molecule has 0 spiro atoms. The molecule has 5 nitrogen and oxygen atoms in total. The second-order valence-corrected chi connectivity index (χ2v) is 5.81. The summed E-state index contributed by atoms with van der Waals surface area (Å²) in [4.78, 5) is 0. The molecule has 0 bridgehead atoms. The maximum atomic E-state index is 5.46. The van der Waals surface area contributed by atoms with Crippen LogP contribution in [0.4, 0.5) is 5.69 Å². The summed E-state index contributed by atoms with van der Waals surface area (Å²) in [6.45, 7) is 2.11. The molecule has 2 rings (SSSR count). The minimum absolute atomic E-state index is 0.107. The van der Waals surface area contributed by atoms with Crippen LogP contribution in [0.5, 0.6) is 17.2 Å². The number of nitrogens with one attached hydrogen (secondary N) is 2. The summed E-state index contributed by atoms with van der Waals surface area (Å²) >= 11 is 5.46. The number of methoxy groups -OCH3 is 3. The Morgan fingerprint density at radius 1 is 0.960 bits per heavy atom. The summed E-state index contributed by atoms with van der Waals surface area (Å²) in [7, 11) is 4.89. The van der Waals surface area contributed by atoms with Crippen molar-refractivity contribution in [2.24, 2.45) is 0 Å². The molecule has 0 heterocycles. The summed E-state index contributed by atoms with van der Waals surface area (Å²) < 4.78 is 15.8. The Morgan fingerprint density at radius 2 is 1.60 bits per heavy atom. The first-order valence-electron chi connectivity index (χ1n) is 8.04. The molecular formula is C19H24N2O3S. The third kappa shape index (κ3) is 5.00. The van der Waals surface area contributed by atoms with Crippen molar-refractivity contribution in [3.63, 3.8) is 0 Å². The highest BCUT2D eigenvalue weighted by Crippen LogP contribution is 2.29. The van der Waals surface area contributed by atoms with Crippen LogP contribution in [0.2, 0.25) is 0 Å². The van der Waals surface area contributed by atoms with E-state index < -0.39 is 0 Å². The van der Waals surface area contributed by atoms with Gasteiger partial charge in [0.25, 0.3) is 0 Å². The van der Waals surface area contributed by atoms with Crippen LogP contribution in [0, 0.1) is 0 Å². The Labute approximate surface area is 154 Å². The van der Waals surface area contributed by atoms with Gasteiger partial charge in [0.1, 0.15) is 17.2 Å². The SMILES string of the molecule is CC[C@H](NC(=S)Nc1ccc(OC)cc1OC)c1ccc(OC)cc1. The smallest absolute Gasteiger partial charge is 0.171 e. The summed E-state index contributed by atoms with van der Waals surface area (Å²) in [5.74, 6) is 2.23. The molecule has 0 saturated carbocycles. The van der Waals surface area contributed by atoms with Crippen molar-refractivity contribution in [1.82, 2.24) is 5.32 Å². The fourth-order valence-electron chi connectivity index (χ4n) is 2.48. The fraction of sp³-hybridized carbons (Fsp3) is 0.316. The predicted octanol–water partition coefficient (Wildman–Crippen LogP) is 4.15. The van der Waals surface area contributed by atoms with Crippen molar-refractivity contribution in [2.75, 3.05) is 26.6 Å². The van der Waals surface area contributed by atoms with E-state index in [9.17, 15) is 0 Å². The second kappa shape index (κ2) is 9.13. The third-order valence-electron chi connectivity index (χ3n) is 3.89. The molecule has 1 atom stereocenters. The Kier molecular flexibility index (Phi) is 6.89. The van der Waals surface area contributed by atoms with Crippen LogP contribution < -0.4 is 24.8 Å². The monoisotopic (exact) mass is 360 g/mol. The van der Waals surface area contributed by atoms with Crippen LogP contribution in [0.3, 0.4) is 0 Å². The molecule has 0 amide bonds. The van der Waals surface area contributed by atoms with Gasteiger partial charge in [-0.05, 0) is 48.5 Å². The number of ether oxygens (including phenoxy) is 3. The van der Waals surface area contributed by atoms with Gasteiger partial charge in [0, 0.05) is 6.07 Å². The molecule has 0 fully saturated rings. The highest BCUT2D eigenvalue weighted by Gasteiger charge is 2.12. The normalized spacial score (nSPS) is 11.4. The van der Waals surface area contributed by atoms with Crippen molar-refractivity contribution in [3.05, 3.63) is 48.0 Å². The topological polar surface area (TPSA) is 51.8 Å². The van der Waals surface area contributed by atoms with E-state index >= 15 is 0 Å². The van der Waals surface area contributed by atoms with E-state index in [-0.39, 0.29) is 6.04 Å². The number of anilines is 1. The molecule has 2 aromatic rings. The molecule has 2 aromatic carbocycles. The van der Waals surface area contributed by atoms with Gasteiger partial charge in [-0.1, -0.05) is 19.1 Å². The van der Waals surface area contributed by atoms with Crippen molar-refractivity contribution in [3.8, 4) is 17.2 Å². The first-order chi connectivity index (χ1) is 12.1. The average Bonchev–Trinajstić information content (AvgIpc) is 2.66. The number of hydrogen-bond donors (Lipinski definition) is 2. The van der Waals surface area contributed by atoms with E-state index in [2.05, 4.69) is 17.6 Å². The van der Waals surface area contributed by atoms with Crippen molar-refractivity contribution < 1.29 is 14.2 Å². The van der Waals surface area contributed by atoms with E-state index in [1.54, 1.807) is 21.3 Å². The van der Waals surface area contributed by atoms with Gasteiger partial charge in [0.15, 0.2) is 5.11 Å². The maximum absolute atomic E-state index is 5.46. The average molecular weight is 360 g/mol. The number of benzene rings is 2. The van der Waals surface area contributed by atoms with Gasteiger partial charge in [-0.3, -0.25) is 0 Å². The van der Waals surface area contributed by atoms with Gasteiger partial charge < -0.3 is 24.8 Å². The van der Waals surface area contributed by atoms with E-state index in [4.69, 9.17) is 26.4 Å². The zero-order chi connectivity index (χ0) is 18.2. The number of rotatable bonds is 7. The predicted molar refractivity (Wildman–Crippen MR) is 105 cm³/mol. The van der Waals surface area contributed by atoms with Crippen molar-refractivity contribution >= 4 is 23.0 Å².